The van der Waals surface area contributed by atoms with E-state index in [0.29, 0.717) is 3.23 Å². The van der Waals surface area contributed by atoms with Crippen LogP contribution in [0.2, 0.25) is 0 Å². The monoisotopic (exact) mass is 280 g/mol. The molecule has 0 amide bonds. The van der Waals surface area contributed by atoms with Gasteiger partial charge in [-0.15, -0.1) is 6.58 Å². The minimum Gasteiger partial charge on any atom is -0.103 e. The van der Waals surface area contributed by atoms with Crippen molar-refractivity contribution in [2.45, 2.75) is 35.3 Å². The van der Waals surface area contributed by atoms with E-state index in [0.717, 1.165) is 5.92 Å². The van der Waals surface area contributed by atoms with Crippen molar-refractivity contribution in [1.29, 1.82) is 0 Å². The van der Waals surface area contributed by atoms with Gasteiger partial charge in [-0.3, -0.25) is 0 Å². The van der Waals surface area contributed by atoms with Gasteiger partial charge in [0, 0.05) is 0 Å². The summed E-state index contributed by atoms with van der Waals surface area (Å²) in [6.07, 6.45) is 8.46. The summed E-state index contributed by atoms with van der Waals surface area (Å²) in [4.78, 5) is 0. The number of allylic oxidation sites excluding steroid dienone is 1. The van der Waals surface area contributed by atoms with Crippen molar-refractivity contribution in [2.75, 3.05) is 0 Å². The van der Waals surface area contributed by atoms with E-state index in [1.807, 2.05) is 6.08 Å². The van der Waals surface area contributed by atoms with Crippen LogP contribution in [0.25, 0.3) is 0 Å². The van der Waals surface area contributed by atoms with Crippen LogP contribution in [0.1, 0.15) is 32.1 Å². The predicted octanol–water partition coefficient (Wildman–Crippen LogP) is 4.24. The molecule has 2 heteroatoms. The molecule has 1 fully saturated rings. The summed E-state index contributed by atoms with van der Waals surface area (Å²) in [6.45, 7) is 3.70. The molecule has 0 aromatic rings. The zero-order valence-corrected chi connectivity index (χ0v) is 9.83. The number of hydrogen-bond acceptors (Lipinski definition) is 0. The first-order chi connectivity index (χ1) is 5.17. The predicted molar refractivity (Wildman–Crippen MR) is 57.4 cm³/mol. The normalized spacial score (nSPS) is 26.5. The van der Waals surface area contributed by atoms with Crippen LogP contribution in [0.5, 0.6) is 0 Å². The highest BCUT2D eigenvalue weighted by Gasteiger charge is 2.49. The highest BCUT2D eigenvalue weighted by molar-refractivity contribution is 9.25. The zero-order valence-electron chi connectivity index (χ0n) is 6.65. The van der Waals surface area contributed by atoms with E-state index in [1.54, 1.807) is 0 Å². The average molecular weight is 282 g/mol. The molecule has 0 saturated heterocycles. The molecule has 0 aromatic carbocycles. The second kappa shape index (κ2) is 4.08. The molecule has 0 heterocycles. The van der Waals surface area contributed by atoms with Crippen molar-refractivity contribution in [3.05, 3.63) is 12.7 Å². The molecular formula is C9H14Br2. The largest absolute Gasteiger partial charge is 0.103 e. The maximum absolute atomic E-state index is 3.70. The van der Waals surface area contributed by atoms with Gasteiger partial charge in [-0.1, -0.05) is 44.4 Å². The molecule has 0 nitrogen and oxygen atoms in total. The fraction of sp³-hybridized carbons (Fsp3) is 0.778. The summed E-state index contributed by atoms with van der Waals surface area (Å²) < 4.78 is 0.314. The summed E-state index contributed by atoms with van der Waals surface area (Å²) in [6, 6.07) is 0. The quantitative estimate of drug-likeness (QED) is 0.402. The Morgan fingerprint density at radius 3 is 2.55 bits per heavy atom. The molecule has 64 valence electrons. The molecule has 0 N–H and O–H groups in total. The molecule has 1 saturated carbocycles. The van der Waals surface area contributed by atoms with E-state index in [2.05, 4.69) is 38.4 Å². The molecule has 1 rings (SSSR count). The fourth-order valence-corrected chi connectivity index (χ4v) is 2.50. The Morgan fingerprint density at radius 2 is 2.09 bits per heavy atom. The van der Waals surface area contributed by atoms with Crippen molar-refractivity contribution in [3.63, 3.8) is 0 Å². The van der Waals surface area contributed by atoms with Crippen LogP contribution in [0.4, 0.5) is 0 Å². The van der Waals surface area contributed by atoms with Crippen molar-refractivity contribution in [2.24, 2.45) is 5.92 Å². The van der Waals surface area contributed by atoms with Crippen LogP contribution in [0.3, 0.4) is 0 Å². The Labute approximate surface area is 85.7 Å². The van der Waals surface area contributed by atoms with Crippen LogP contribution in [-0.2, 0) is 0 Å². The number of hydrogen-bond donors (Lipinski definition) is 0. The van der Waals surface area contributed by atoms with Gasteiger partial charge in [0.25, 0.3) is 0 Å². The summed E-state index contributed by atoms with van der Waals surface area (Å²) in [5.74, 6) is 0.868. The fourth-order valence-electron chi connectivity index (χ4n) is 1.26. The molecule has 1 unspecified atom stereocenters. The molecule has 1 atom stereocenters. The maximum atomic E-state index is 3.70. The Bertz CT molecular complexity index is 140. The first-order valence-electron chi connectivity index (χ1n) is 4.15. The van der Waals surface area contributed by atoms with Crippen LogP contribution in [0.15, 0.2) is 12.7 Å². The van der Waals surface area contributed by atoms with E-state index < -0.39 is 0 Å². The van der Waals surface area contributed by atoms with Gasteiger partial charge in [0.1, 0.15) is 0 Å². The topological polar surface area (TPSA) is 0 Å². The summed E-state index contributed by atoms with van der Waals surface area (Å²) in [5.41, 5.74) is 0. The van der Waals surface area contributed by atoms with Gasteiger partial charge in [-0.25, -0.2) is 0 Å². The van der Waals surface area contributed by atoms with E-state index in [4.69, 9.17) is 0 Å². The molecule has 0 radical (unpaired) electrons. The Balaban J connectivity index is 1.94. The van der Waals surface area contributed by atoms with E-state index in [-0.39, 0.29) is 0 Å². The van der Waals surface area contributed by atoms with Crippen molar-refractivity contribution < 1.29 is 0 Å². The van der Waals surface area contributed by atoms with Crippen molar-refractivity contribution >= 4 is 31.9 Å². The minimum absolute atomic E-state index is 0.314. The van der Waals surface area contributed by atoms with Gasteiger partial charge in [0.05, 0.1) is 3.23 Å². The van der Waals surface area contributed by atoms with Gasteiger partial charge in [0.15, 0.2) is 0 Å². The smallest absolute Gasteiger partial charge is 0.0837 e. The standard InChI is InChI=1S/C9H14Br2/c1-2-3-4-5-6-8-7-9(8,10)11/h2,8H,1,3-7H2. The Morgan fingerprint density at radius 1 is 1.45 bits per heavy atom. The lowest BCUT2D eigenvalue weighted by Crippen LogP contribution is -1.88. The zero-order chi connectivity index (χ0) is 8.32. The lowest BCUT2D eigenvalue weighted by Gasteiger charge is -1.98. The minimum atomic E-state index is 0.314. The second-order valence-corrected chi connectivity index (χ2v) is 7.13. The van der Waals surface area contributed by atoms with Gasteiger partial charge in [-0.05, 0) is 31.6 Å². The number of unbranched alkanes of at least 4 members (excludes halogenated alkanes) is 2. The molecule has 1 aliphatic rings. The van der Waals surface area contributed by atoms with Crippen LogP contribution >= 0.6 is 31.9 Å². The summed E-state index contributed by atoms with van der Waals surface area (Å²) in [5, 5.41) is 0. The highest BCUT2D eigenvalue weighted by atomic mass is 79.9. The highest BCUT2D eigenvalue weighted by Crippen LogP contribution is 2.58. The first-order valence-corrected chi connectivity index (χ1v) is 5.74. The SMILES string of the molecule is C=CCCCCC1CC1(Br)Br. The second-order valence-electron chi connectivity index (χ2n) is 3.24. The lowest BCUT2D eigenvalue weighted by atomic mass is 10.1. The van der Waals surface area contributed by atoms with E-state index >= 15 is 0 Å². The van der Waals surface area contributed by atoms with Gasteiger partial charge < -0.3 is 0 Å². The Hall–Kier alpha value is 0.700. The molecule has 0 aliphatic heterocycles. The number of alkyl halides is 2. The third-order valence-electron chi connectivity index (χ3n) is 2.17. The van der Waals surface area contributed by atoms with E-state index in [1.165, 1.54) is 32.1 Å². The molecule has 11 heavy (non-hydrogen) atoms. The van der Waals surface area contributed by atoms with Gasteiger partial charge >= 0.3 is 0 Å². The van der Waals surface area contributed by atoms with Crippen LogP contribution in [0, 0.1) is 5.92 Å². The third kappa shape index (κ3) is 3.29. The molecule has 0 spiro atoms. The van der Waals surface area contributed by atoms with Crippen molar-refractivity contribution in [3.8, 4) is 0 Å². The maximum Gasteiger partial charge on any atom is 0.0837 e. The molecule has 0 bridgehead atoms. The molecular weight excluding hydrogens is 268 g/mol. The van der Waals surface area contributed by atoms with Crippen LogP contribution < -0.4 is 0 Å². The van der Waals surface area contributed by atoms with Crippen LogP contribution in [-0.4, -0.2) is 3.23 Å². The van der Waals surface area contributed by atoms with Gasteiger partial charge in [-0.2, -0.15) is 0 Å². The third-order valence-corrected chi connectivity index (χ3v) is 4.11. The van der Waals surface area contributed by atoms with Gasteiger partial charge in [0.2, 0.25) is 0 Å². The summed E-state index contributed by atoms with van der Waals surface area (Å²) in [7, 11) is 0. The summed E-state index contributed by atoms with van der Waals surface area (Å²) >= 11 is 7.24. The van der Waals surface area contributed by atoms with Crippen molar-refractivity contribution in [1.82, 2.24) is 0 Å². The van der Waals surface area contributed by atoms with E-state index in [9.17, 15) is 0 Å². The first kappa shape index (κ1) is 9.79. The average Bonchev–Trinajstić information content (AvgIpc) is 2.52. The molecule has 1 aliphatic carbocycles. The number of rotatable bonds is 5. The lowest BCUT2D eigenvalue weighted by molar-refractivity contribution is 0.634. The molecule has 0 aromatic heterocycles. The Kier molecular flexibility index (Phi) is 3.63. The number of halogens is 2.